The van der Waals surface area contributed by atoms with E-state index in [0.717, 1.165) is 0 Å². The maximum absolute atomic E-state index is 9.54. The Morgan fingerprint density at radius 2 is 1.43 bits per heavy atom. The summed E-state index contributed by atoms with van der Waals surface area (Å²) in [5.74, 6) is 0.817. The van der Waals surface area contributed by atoms with Gasteiger partial charge in [0, 0.05) is 6.61 Å². The molecule has 0 unspecified atom stereocenters. The first kappa shape index (κ1) is 14.1. The van der Waals surface area contributed by atoms with Crippen molar-refractivity contribution >= 4 is 5.57 Å². The molecule has 0 amide bonds. The molecule has 1 fully saturated rings. The van der Waals surface area contributed by atoms with E-state index in [1.54, 1.807) is 0 Å². The first-order chi connectivity index (χ1) is 10.1. The van der Waals surface area contributed by atoms with Crippen molar-refractivity contribution in [1.82, 2.24) is 0 Å². The molecule has 0 aromatic heterocycles. The van der Waals surface area contributed by atoms with Crippen LogP contribution < -0.4 is 0 Å². The van der Waals surface area contributed by atoms with E-state index in [2.05, 4.69) is 68.5 Å². The van der Waals surface area contributed by atoms with Crippen LogP contribution in [0.25, 0.3) is 5.57 Å². The number of benzene rings is 2. The van der Waals surface area contributed by atoms with Gasteiger partial charge in [0.05, 0.1) is 0 Å². The van der Waals surface area contributed by atoms with Gasteiger partial charge < -0.3 is 5.11 Å². The van der Waals surface area contributed by atoms with Crippen molar-refractivity contribution in [1.29, 1.82) is 0 Å². The fraction of sp³-hybridized carbons (Fsp3) is 0.300. The zero-order chi connectivity index (χ0) is 14.9. The minimum Gasteiger partial charge on any atom is -0.396 e. The lowest BCUT2D eigenvalue weighted by Crippen LogP contribution is -1.93. The van der Waals surface area contributed by atoms with Crippen molar-refractivity contribution in [2.75, 3.05) is 6.61 Å². The Morgan fingerprint density at radius 3 is 1.81 bits per heavy atom. The molecule has 2 aromatic carbocycles. The Morgan fingerprint density at radius 1 is 0.952 bits per heavy atom. The van der Waals surface area contributed by atoms with Gasteiger partial charge in [-0.25, -0.2) is 0 Å². The van der Waals surface area contributed by atoms with E-state index in [1.807, 2.05) is 12.1 Å². The van der Waals surface area contributed by atoms with Gasteiger partial charge in [-0.3, -0.25) is 0 Å². The maximum atomic E-state index is 9.54. The van der Waals surface area contributed by atoms with Crippen LogP contribution in [-0.4, -0.2) is 11.7 Å². The number of hydrogen-bond acceptors (Lipinski definition) is 1. The molecule has 2 atom stereocenters. The molecule has 1 saturated carbocycles. The van der Waals surface area contributed by atoms with Crippen molar-refractivity contribution in [3.05, 3.63) is 77.9 Å². The predicted octanol–water partition coefficient (Wildman–Crippen LogP) is 4.38. The molecule has 3 rings (SSSR count). The van der Waals surface area contributed by atoms with Crippen LogP contribution in [0.5, 0.6) is 0 Å². The maximum Gasteiger partial charge on any atom is 0.0470 e. The Bertz CT molecular complexity index is 584. The van der Waals surface area contributed by atoms with Crippen LogP contribution in [0.2, 0.25) is 0 Å². The molecule has 0 spiro atoms. The van der Waals surface area contributed by atoms with E-state index in [1.165, 1.54) is 16.7 Å². The second-order valence-corrected chi connectivity index (χ2v) is 6.45. The minimum atomic E-state index is 0.198. The normalized spacial score (nSPS) is 22.6. The number of allylic oxidation sites excluding steroid dienone is 1. The smallest absolute Gasteiger partial charge is 0.0470 e. The fourth-order valence-corrected chi connectivity index (χ4v) is 3.24. The molecule has 1 aliphatic rings. The van der Waals surface area contributed by atoms with E-state index in [-0.39, 0.29) is 12.0 Å². The highest BCUT2D eigenvalue weighted by Crippen LogP contribution is 2.59. The first-order valence-electron chi connectivity index (χ1n) is 7.58. The average Bonchev–Trinajstić information content (AvgIpc) is 3.06. The highest BCUT2D eigenvalue weighted by Gasteiger charge is 2.55. The van der Waals surface area contributed by atoms with Crippen LogP contribution >= 0.6 is 0 Å². The summed E-state index contributed by atoms with van der Waals surface area (Å²) in [7, 11) is 0. The van der Waals surface area contributed by atoms with Crippen molar-refractivity contribution in [3.8, 4) is 0 Å². The molecular formula is C20H22O. The van der Waals surface area contributed by atoms with Gasteiger partial charge in [-0.2, -0.15) is 0 Å². The molecule has 1 N–H and O–H groups in total. The SMILES string of the molecule is CC1(C)[C@H](C=C(c2ccccc2)c2ccccc2)[C@H]1CO. The Kier molecular flexibility index (Phi) is 3.69. The predicted molar refractivity (Wildman–Crippen MR) is 87.8 cm³/mol. The Hall–Kier alpha value is -1.86. The third-order valence-electron chi connectivity index (χ3n) is 4.85. The summed E-state index contributed by atoms with van der Waals surface area (Å²) in [6, 6.07) is 21.0. The van der Waals surface area contributed by atoms with Crippen LogP contribution in [0.3, 0.4) is 0 Å². The summed E-state index contributed by atoms with van der Waals surface area (Å²) >= 11 is 0. The summed E-state index contributed by atoms with van der Waals surface area (Å²) in [6.07, 6.45) is 2.35. The van der Waals surface area contributed by atoms with Gasteiger partial charge in [0.2, 0.25) is 0 Å². The minimum absolute atomic E-state index is 0.198. The molecule has 0 saturated heterocycles. The van der Waals surface area contributed by atoms with Crippen molar-refractivity contribution in [2.24, 2.45) is 17.3 Å². The van der Waals surface area contributed by atoms with Crippen LogP contribution in [0.4, 0.5) is 0 Å². The van der Waals surface area contributed by atoms with Crippen LogP contribution in [0.1, 0.15) is 25.0 Å². The molecule has 1 nitrogen and oxygen atoms in total. The van der Waals surface area contributed by atoms with Crippen LogP contribution in [0, 0.1) is 17.3 Å². The van der Waals surface area contributed by atoms with E-state index in [4.69, 9.17) is 0 Å². The molecule has 2 aromatic rings. The third-order valence-corrected chi connectivity index (χ3v) is 4.85. The summed E-state index contributed by atoms with van der Waals surface area (Å²) in [5.41, 5.74) is 3.94. The molecule has 21 heavy (non-hydrogen) atoms. The summed E-state index contributed by atoms with van der Waals surface area (Å²) in [5, 5.41) is 9.54. The molecule has 0 radical (unpaired) electrons. The van der Waals surface area contributed by atoms with Gasteiger partial charge in [0.15, 0.2) is 0 Å². The largest absolute Gasteiger partial charge is 0.396 e. The molecule has 0 bridgehead atoms. The van der Waals surface area contributed by atoms with E-state index >= 15 is 0 Å². The molecule has 0 aliphatic heterocycles. The number of hydrogen-bond donors (Lipinski definition) is 1. The monoisotopic (exact) mass is 278 g/mol. The second-order valence-electron chi connectivity index (χ2n) is 6.45. The van der Waals surface area contributed by atoms with Crippen molar-refractivity contribution in [2.45, 2.75) is 13.8 Å². The summed E-state index contributed by atoms with van der Waals surface area (Å²) in [6.45, 7) is 4.75. The van der Waals surface area contributed by atoms with E-state index < -0.39 is 0 Å². The van der Waals surface area contributed by atoms with Gasteiger partial charge in [-0.1, -0.05) is 80.6 Å². The third kappa shape index (κ3) is 2.66. The quantitative estimate of drug-likeness (QED) is 0.879. The standard InChI is InChI=1S/C20H22O/c1-20(2)18(19(20)14-21)13-17(15-9-5-3-6-10-15)16-11-7-4-8-12-16/h3-13,18-19,21H,14H2,1-2H3/t18-,19-/m1/s1. The number of rotatable bonds is 4. The zero-order valence-electron chi connectivity index (χ0n) is 12.7. The molecule has 0 heterocycles. The average molecular weight is 278 g/mol. The Balaban J connectivity index is 2.02. The lowest BCUT2D eigenvalue weighted by Gasteiger charge is -2.09. The van der Waals surface area contributed by atoms with Gasteiger partial charge in [0.25, 0.3) is 0 Å². The molecular weight excluding hydrogens is 256 g/mol. The molecule has 1 aliphatic carbocycles. The van der Waals surface area contributed by atoms with Gasteiger partial charge in [-0.15, -0.1) is 0 Å². The van der Waals surface area contributed by atoms with Gasteiger partial charge >= 0.3 is 0 Å². The van der Waals surface area contributed by atoms with Crippen molar-refractivity contribution in [3.63, 3.8) is 0 Å². The lowest BCUT2D eigenvalue weighted by molar-refractivity contribution is 0.256. The van der Waals surface area contributed by atoms with Gasteiger partial charge in [0.1, 0.15) is 0 Å². The van der Waals surface area contributed by atoms with Crippen molar-refractivity contribution < 1.29 is 5.11 Å². The van der Waals surface area contributed by atoms with Gasteiger partial charge in [-0.05, 0) is 34.0 Å². The highest BCUT2D eigenvalue weighted by atomic mass is 16.3. The van der Waals surface area contributed by atoms with E-state index in [0.29, 0.717) is 11.8 Å². The van der Waals surface area contributed by atoms with E-state index in [9.17, 15) is 5.11 Å². The zero-order valence-corrected chi connectivity index (χ0v) is 12.7. The lowest BCUT2D eigenvalue weighted by atomic mass is 9.95. The first-order valence-corrected chi connectivity index (χ1v) is 7.58. The summed E-state index contributed by atoms with van der Waals surface area (Å²) in [4.78, 5) is 0. The number of aliphatic hydroxyl groups excluding tert-OH is 1. The molecule has 108 valence electrons. The second kappa shape index (κ2) is 5.50. The Labute approximate surface area is 127 Å². The highest BCUT2D eigenvalue weighted by molar-refractivity contribution is 5.80. The fourth-order valence-electron chi connectivity index (χ4n) is 3.24. The van der Waals surface area contributed by atoms with Crippen LogP contribution in [0.15, 0.2) is 66.7 Å². The number of aliphatic hydroxyl groups is 1. The van der Waals surface area contributed by atoms with Crippen LogP contribution in [-0.2, 0) is 0 Å². The molecule has 1 heteroatoms. The summed E-state index contributed by atoms with van der Waals surface area (Å²) < 4.78 is 0. The topological polar surface area (TPSA) is 20.2 Å².